The summed E-state index contributed by atoms with van der Waals surface area (Å²) < 4.78 is 0. The largest absolute Gasteiger partial charge is 0.480 e. The number of aliphatic carboxylic acids is 1. The van der Waals surface area contributed by atoms with E-state index in [1.54, 1.807) is 12.6 Å². The number of carbonyl (C=O) groups is 2. The molecule has 0 aliphatic carbocycles. The number of carboxylic acids is 1. The van der Waals surface area contributed by atoms with Gasteiger partial charge in [0.1, 0.15) is 6.04 Å². The molecule has 1 aromatic heterocycles. The number of carbonyl (C=O) groups excluding carboxylic acids is 1. The van der Waals surface area contributed by atoms with E-state index in [0.717, 1.165) is 10.6 Å². The Bertz CT molecular complexity index is 447. The smallest absolute Gasteiger partial charge is 0.326 e. The number of rotatable bonds is 6. The van der Waals surface area contributed by atoms with Crippen LogP contribution in [0.3, 0.4) is 0 Å². The van der Waals surface area contributed by atoms with Crippen LogP contribution in [-0.4, -0.2) is 40.1 Å². The van der Waals surface area contributed by atoms with Crippen molar-refractivity contribution in [2.24, 2.45) is 0 Å². The molecule has 2 N–H and O–H groups in total. The molecule has 0 spiro atoms. The molecule has 0 bridgehead atoms. The molecular weight excluding hydrogens is 266 g/mol. The minimum absolute atomic E-state index is 0.381. The van der Waals surface area contributed by atoms with Gasteiger partial charge in [-0.2, -0.15) is 0 Å². The first kappa shape index (κ1) is 15.4. The number of amides is 2. The summed E-state index contributed by atoms with van der Waals surface area (Å²) in [5.41, 5.74) is 2.63. The fraction of sp³-hybridized carbons (Fsp3) is 0.583. The lowest BCUT2D eigenvalue weighted by Gasteiger charge is -2.20. The van der Waals surface area contributed by atoms with Crippen molar-refractivity contribution in [2.75, 3.05) is 7.05 Å². The van der Waals surface area contributed by atoms with Crippen LogP contribution >= 0.6 is 11.3 Å². The quantitative estimate of drug-likeness (QED) is 0.835. The van der Waals surface area contributed by atoms with Gasteiger partial charge in [-0.05, 0) is 13.3 Å². The maximum atomic E-state index is 11.9. The van der Waals surface area contributed by atoms with Crippen LogP contribution in [0.2, 0.25) is 0 Å². The molecule has 1 unspecified atom stereocenters. The Kier molecular flexibility index (Phi) is 5.75. The first-order valence-electron chi connectivity index (χ1n) is 6.09. The van der Waals surface area contributed by atoms with Gasteiger partial charge in [0.25, 0.3) is 0 Å². The monoisotopic (exact) mass is 285 g/mol. The molecule has 0 saturated heterocycles. The van der Waals surface area contributed by atoms with Gasteiger partial charge >= 0.3 is 12.0 Å². The van der Waals surface area contributed by atoms with Gasteiger partial charge in [-0.1, -0.05) is 13.3 Å². The maximum Gasteiger partial charge on any atom is 0.326 e. The van der Waals surface area contributed by atoms with Crippen molar-refractivity contribution in [3.05, 3.63) is 16.1 Å². The van der Waals surface area contributed by atoms with Gasteiger partial charge in [0.2, 0.25) is 0 Å². The zero-order chi connectivity index (χ0) is 14.4. The Morgan fingerprint density at radius 1 is 1.58 bits per heavy atom. The van der Waals surface area contributed by atoms with Crippen molar-refractivity contribution in [1.29, 1.82) is 0 Å². The number of hydrogen-bond acceptors (Lipinski definition) is 4. The van der Waals surface area contributed by atoms with Gasteiger partial charge in [-0.3, -0.25) is 0 Å². The molecule has 0 radical (unpaired) electrons. The molecule has 2 amide bonds. The number of aryl methyl sites for hydroxylation is 1. The third-order valence-corrected chi connectivity index (χ3v) is 3.67. The van der Waals surface area contributed by atoms with Crippen LogP contribution in [0.5, 0.6) is 0 Å². The Morgan fingerprint density at radius 3 is 2.74 bits per heavy atom. The third-order valence-electron chi connectivity index (χ3n) is 2.75. The summed E-state index contributed by atoms with van der Waals surface area (Å²) in [5.74, 6) is -1.00. The molecule has 0 aromatic carbocycles. The fourth-order valence-electron chi connectivity index (χ4n) is 1.57. The fourth-order valence-corrected chi connectivity index (χ4v) is 2.40. The Morgan fingerprint density at radius 2 is 2.26 bits per heavy atom. The zero-order valence-electron chi connectivity index (χ0n) is 11.3. The van der Waals surface area contributed by atoms with Gasteiger partial charge in [-0.15, -0.1) is 11.3 Å². The molecular formula is C12H19N3O3S. The van der Waals surface area contributed by atoms with Crippen LogP contribution in [0, 0.1) is 6.92 Å². The van der Waals surface area contributed by atoms with E-state index in [9.17, 15) is 9.59 Å². The van der Waals surface area contributed by atoms with Crippen molar-refractivity contribution >= 4 is 23.3 Å². The topological polar surface area (TPSA) is 82.5 Å². The van der Waals surface area contributed by atoms with Crippen molar-refractivity contribution in [1.82, 2.24) is 15.2 Å². The van der Waals surface area contributed by atoms with Crippen LogP contribution < -0.4 is 5.32 Å². The van der Waals surface area contributed by atoms with Gasteiger partial charge in [0.15, 0.2) is 0 Å². The van der Waals surface area contributed by atoms with Gasteiger partial charge in [-0.25, -0.2) is 14.6 Å². The molecule has 6 nitrogen and oxygen atoms in total. The number of nitrogens with one attached hydrogen (secondary N) is 1. The third kappa shape index (κ3) is 4.51. The molecule has 1 aromatic rings. The van der Waals surface area contributed by atoms with Gasteiger partial charge in [0, 0.05) is 11.9 Å². The Hall–Kier alpha value is -1.63. The zero-order valence-corrected chi connectivity index (χ0v) is 12.2. The van der Waals surface area contributed by atoms with E-state index >= 15 is 0 Å². The van der Waals surface area contributed by atoms with Gasteiger partial charge in [0.05, 0.1) is 17.7 Å². The lowest BCUT2D eigenvalue weighted by atomic mass is 10.2. The highest BCUT2D eigenvalue weighted by Gasteiger charge is 2.21. The highest BCUT2D eigenvalue weighted by atomic mass is 32.1. The molecule has 7 heteroatoms. The standard InChI is InChI=1S/C12H19N3O3S/c1-4-5-9(11(16)17)14-12(18)15(3)6-10-8(2)13-7-19-10/h7,9H,4-6H2,1-3H3,(H,14,18)(H,16,17). The van der Waals surface area contributed by atoms with Crippen LogP contribution in [0.4, 0.5) is 4.79 Å². The summed E-state index contributed by atoms with van der Waals surface area (Å²) in [6.45, 7) is 4.20. The predicted molar refractivity (Wildman–Crippen MR) is 73.2 cm³/mol. The first-order chi connectivity index (χ1) is 8.95. The predicted octanol–water partition coefficient (Wildman–Crippen LogP) is 1.85. The van der Waals surface area contributed by atoms with Crippen LogP contribution in [0.15, 0.2) is 5.51 Å². The van der Waals surface area contributed by atoms with E-state index in [2.05, 4.69) is 10.3 Å². The molecule has 19 heavy (non-hydrogen) atoms. The molecule has 1 atom stereocenters. The van der Waals surface area contributed by atoms with Crippen LogP contribution in [-0.2, 0) is 11.3 Å². The number of carboxylic acid groups (broad SMARTS) is 1. The number of aromatic nitrogens is 1. The molecule has 0 fully saturated rings. The first-order valence-corrected chi connectivity index (χ1v) is 6.97. The van der Waals surface area contributed by atoms with E-state index < -0.39 is 12.0 Å². The van der Waals surface area contributed by atoms with E-state index in [1.807, 2.05) is 13.8 Å². The summed E-state index contributed by atoms with van der Waals surface area (Å²) in [6.07, 6.45) is 1.13. The number of thiazole rings is 1. The second kappa shape index (κ2) is 7.08. The van der Waals surface area contributed by atoms with E-state index in [-0.39, 0.29) is 6.03 Å². The van der Waals surface area contributed by atoms with Gasteiger partial charge < -0.3 is 15.3 Å². The minimum Gasteiger partial charge on any atom is -0.480 e. The highest BCUT2D eigenvalue weighted by molar-refractivity contribution is 7.09. The highest BCUT2D eigenvalue weighted by Crippen LogP contribution is 2.14. The molecule has 0 aliphatic heterocycles. The average Bonchev–Trinajstić information content (AvgIpc) is 2.74. The van der Waals surface area contributed by atoms with Crippen molar-refractivity contribution in [2.45, 2.75) is 39.3 Å². The molecule has 1 heterocycles. The number of hydrogen-bond donors (Lipinski definition) is 2. The molecule has 1 rings (SSSR count). The van der Waals surface area contributed by atoms with Crippen molar-refractivity contribution < 1.29 is 14.7 Å². The second-order valence-electron chi connectivity index (χ2n) is 4.35. The molecule has 106 valence electrons. The summed E-state index contributed by atoms with van der Waals surface area (Å²) in [5, 5.41) is 11.5. The lowest BCUT2D eigenvalue weighted by Crippen LogP contribution is -2.46. The van der Waals surface area contributed by atoms with Crippen LogP contribution in [0.25, 0.3) is 0 Å². The molecule has 0 saturated carbocycles. The minimum atomic E-state index is -1.00. The van der Waals surface area contributed by atoms with E-state index in [1.165, 1.54) is 16.2 Å². The summed E-state index contributed by atoms with van der Waals surface area (Å²) in [4.78, 5) is 29.5. The Balaban J connectivity index is 2.57. The Labute approximate surface area is 116 Å². The summed E-state index contributed by atoms with van der Waals surface area (Å²) >= 11 is 1.48. The average molecular weight is 285 g/mol. The van der Waals surface area contributed by atoms with Crippen LogP contribution in [0.1, 0.15) is 30.3 Å². The second-order valence-corrected chi connectivity index (χ2v) is 5.29. The maximum absolute atomic E-state index is 11.9. The summed E-state index contributed by atoms with van der Waals surface area (Å²) in [7, 11) is 1.64. The normalized spacial score (nSPS) is 11.9. The SMILES string of the molecule is CCCC(NC(=O)N(C)Cc1scnc1C)C(=O)O. The molecule has 0 aliphatic rings. The van der Waals surface area contributed by atoms with Crippen molar-refractivity contribution in [3.8, 4) is 0 Å². The number of nitrogens with zero attached hydrogens (tertiary/aromatic N) is 2. The summed E-state index contributed by atoms with van der Waals surface area (Å²) in [6, 6.07) is -1.21. The number of urea groups is 1. The van der Waals surface area contributed by atoms with E-state index in [4.69, 9.17) is 5.11 Å². The van der Waals surface area contributed by atoms with Crippen molar-refractivity contribution in [3.63, 3.8) is 0 Å². The van der Waals surface area contributed by atoms with E-state index in [0.29, 0.717) is 19.4 Å². The lowest BCUT2D eigenvalue weighted by molar-refractivity contribution is -0.139.